The number of hydrogen-bond donors (Lipinski definition) is 3. The molecule has 1 aliphatic heterocycles. The standard InChI is InChI=1S/C29H27FN8O2/c1-33-15-21(13-31)20-12-24(27-22(14-32)17-35-38(27)18-20)19-6-7-26(34-16-19)36-8-10-37(11-9-36)29(40)28(39)23-4-2-3-5-25(23)30/h2-7,12-13,15-18,28,31,33,39H,8-11H2,1H3/b21-15+,31-13?. The van der Waals surface area contributed by atoms with E-state index in [0.29, 0.717) is 42.8 Å². The molecule has 1 unspecified atom stereocenters. The Hall–Kier alpha value is -5.08. The second-order valence-corrected chi connectivity index (χ2v) is 9.28. The summed E-state index contributed by atoms with van der Waals surface area (Å²) in [5, 5.41) is 35.2. The monoisotopic (exact) mass is 538 g/mol. The molecule has 1 aromatic carbocycles. The van der Waals surface area contributed by atoms with Crippen LogP contribution in [0.25, 0.3) is 22.2 Å². The van der Waals surface area contributed by atoms with Gasteiger partial charge in [0.05, 0.1) is 17.3 Å². The summed E-state index contributed by atoms with van der Waals surface area (Å²) >= 11 is 0. The number of nitrogens with one attached hydrogen (secondary N) is 2. The molecule has 0 aliphatic carbocycles. The van der Waals surface area contributed by atoms with Gasteiger partial charge in [0.1, 0.15) is 17.7 Å². The number of piperazine rings is 1. The van der Waals surface area contributed by atoms with E-state index in [1.165, 1.54) is 35.5 Å². The molecule has 1 saturated heterocycles. The first-order chi connectivity index (χ1) is 19.4. The van der Waals surface area contributed by atoms with Gasteiger partial charge in [-0.25, -0.2) is 13.9 Å². The van der Waals surface area contributed by atoms with Crippen molar-refractivity contribution in [1.82, 2.24) is 24.8 Å². The largest absolute Gasteiger partial charge is 0.393 e. The third-order valence-corrected chi connectivity index (χ3v) is 6.93. The Morgan fingerprint density at radius 3 is 2.62 bits per heavy atom. The van der Waals surface area contributed by atoms with E-state index in [0.717, 1.165) is 22.5 Å². The van der Waals surface area contributed by atoms with Gasteiger partial charge in [0.2, 0.25) is 0 Å². The Morgan fingerprint density at radius 1 is 1.20 bits per heavy atom. The van der Waals surface area contributed by atoms with E-state index in [-0.39, 0.29) is 5.56 Å². The number of halogens is 1. The van der Waals surface area contributed by atoms with Gasteiger partial charge in [-0.2, -0.15) is 10.4 Å². The van der Waals surface area contributed by atoms with E-state index >= 15 is 0 Å². The van der Waals surface area contributed by atoms with Crippen LogP contribution in [0.5, 0.6) is 0 Å². The molecule has 10 nitrogen and oxygen atoms in total. The van der Waals surface area contributed by atoms with Gasteiger partial charge in [-0.05, 0) is 24.3 Å². The van der Waals surface area contributed by atoms with Crippen molar-refractivity contribution in [2.45, 2.75) is 6.10 Å². The number of rotatable bonds is 7. The number of benzene rings is 1. The number of aliphatic hydroxyl groups is 1. The number of allylic oxidation sites excluding steroid dienone is 1. The number of carbonyl (C=O) groups is 1. The molecule has 1 aliphatic rings. The summed E-state index contributed by atoms with van der Waals surface area (Å²) in [5.74, 6) is -0.413. The molecular formula is C29H27FN8O2. The summed E-state index contributed by atoms with van der Waals surface area (Å²) < 4.78 is 15.7. The average Bonchev–Trinajstić information content (AvgIpc) is 3.42. The third kappa shape index (κ3) is 5.00. The topological polar surface area (TPSA) is 134 Å². The predicted octanol–water partition coefficient (Wildman–Crippen LogP) is 3.00. The predicted molar refractivity (Wildman–Crippen MR) is 149 cm³/mol. The zero-order valence-corrected chi connectivity index (χ0v) is 21.8. The summed E-state index contributed by atoms with van der Waals surface area (Å²) in [6.07, 6.45) is 6.44. The van der Waals surface area contributed by atoms with Gasteiger partial charge >= 0.3 is 0 Å². The van der Waals surface area contributed by atoms with Crippen molar-refractivity contribution in [1.29, 1.82) is 10.7 Å². The number of nitrogens with zero attached hydrogens (tertiary/aromatic N) is 6. The maximum absolute atomic E-state index is 14.0. The molecule has 1 amide bonds. The van der Waals surface area contributed by atoms with E-state index in [1.807, 2.05) is 23.1 Å². The summed E-state index contributed by atoms with van der Waals surface area (Å²) in [4.78, 5) is 21.0. The van der Waals surface area contributed by atoms with Crippen molar-refractivity contribution in [3.63, 3.8) is 0 Å². The van der Waals surface area contributed by atoms with Crippen molar-refractivity contribution < 1.29 is 14.3 Å². The van der Waals surface area contributed by atoms with Crippen LogP contribution in [0, 0.1) is 22.6 Å². The van der Waals surface area contributed by atoms with Gasteiger partial charge in [-0.15, -0.1) is 0 Å². The number of anilines is 1. The lowest BCUT2D eigenvalue weighted by Crippen LogP contribution is -2.50. The van der Waals surface area contributed by atoms with Crippen LogP contribution in [0.4, 0.5) is 10.2 Å². The molecule has 11 heteroatoms. The van der Waals surface area contributed by atoms with Crippen molar-refractivity contribution >= 4 is 29.0 Å². The van der Waals surface area contributed by atoms with Gasteiger partial charge < -0.3 is 25.6 Å². The molecule has 0 radical (unpaired) electrons. The first kappa shape index (κ1) is 26.5. The number of aromatic nitrogens is 3. The molecule has 3 aromatic heterocycles. The normalized spacial score (nSPS) is 14.6. The summed E-state index contributed by atoms with van der Waals surface area (Å²) in [6, 6.07) is 13.6. The summed E-state index contributed by atoms with van der Waals surface area (Å²) in [7, 11) is 1.76. The highest BCUT2D eigenvalue weighted by Crippen LogP contribution is 2.31. The molecule has 1 fully saturated rings. The molecule has 4 aromatic rings. The third-order valence-electron chi connectivity index (χ3n) is 6.93. The molecule has 4 heterocycles. The summed E-state index contributed by atoms with van der Waals surface area (Å²) in [6.45, 7) is 1.73. The fraction of sp³-hybridized carbons (Fsp3) is 0.207. The Morgan fingerprint density at radius 2 is 1.98 bits per heavy atom. The molecule has 5 rings (SSSR count). The number of aliphatic hydroxyl groups excluding tert-OH is 1. The number of carbonyl (C=O) groups excluding carboxylic acids is 1. The van der Waals surface area contributed by atoms with Gasteiger partial charge in [-0.1, -0.05) is 18.2 Å². The van der Waals surface area contributed by atoms with E-state index in [2.05, 4.69) is 21.5 Å². The van der Waals surface area contributed by atoms with E-state index in [1.54, 1.807) is 36.2 Å². The fourth-order valence-electron chi connectivity index (χ4n) is 4.84. The Labute approximate surface area is 230 Å². The SMILES string of the molecule is CN/C=C(\C=N)c1cc(-c2ccc(N3CCN(C(=O)C(O)c4ccccc4F)CC3)nc2)c2c(C#N)cnn2c1. The smallest absolute Gasteiger partial charge is 0.256 e. The molecule has 40 heavy (non-hydrogen) atoms. The molecule has 0 saturated carbocycles. The lowest BCUT2D eigenvalue weighted by molar-refractivity contribution is -0.141. The average molecular weight is 539 g/mol. The number of pyridine rings is 2. The molecule has 202 valence electrons. The second-order valence-electron chi connectivity index (χ2n) is 9.28. The van der Waals surface area contributed by atoms with Crippen molar-refractivity contribution in [3.05, 3.63) is 89.8 Å². The highest BCUT2D eigenvalue weighted by atomic mass is 19.1. The zero-order valence-electron chi connectivity index (χ0n) is 21.8. The van der Waals surface area contributed by atoms with Gasteiger partial charge in [0, 0.05) is 85.9 Å². The van der Waals surface area contributed by atoms with Crippen LogP contribution in [0.15, 0.2) is 67.3 Å². The minimum atomic E-state index is -1.55. The Balaban J connectivity index is 1.35. The van der Waals surface area contributed by atoms with Crippen LogP contribution in [0.3, 0.4) is 0 Å². The van der Waals surface area contributed by atoms with Crippen molar-refractivity contribution in [2.24, 2.45) is 0 Å². The first-order valence-corrected chi connectivity index (χ1v) is 12.7. The van der Waals surface area contributed by atoms with E-state index in [9.17, 15) is 19.6 Å². The lowest BCUT2D eigenvalue weighted by Gasteiger charge is -2.36. The van der Waals surface area contributed by atoms with Crippen molar-refractivity contribution in [2.75, 3.05) is 38.1 Å². The van der Waals surface area contributed by atoms with Crippen LogP contribution in [-0.4, -0.2) is 70.0 Å². The molecule has 3 N–H and O–H groups in total. The fourth-order valence-corrected chi connectivity index (χ4v) is 4.84. The highest BCUT2D eigenvalue weighted by molar-refractivity contribution is 6.08. The molecule has 1 atom stereocenters. The highest BCUT2D eigenvalue weighted by Gasteiger charge is 2.29. The Kier molecular flexibility index (Phi) is 7.52. The molecular weight excluding hydrogens is 511 g/mol. The zero-order chi connectivity index (χ0) is 28.2. The van der Waals surface area contributed by atoms with Crippen LogP contribution in [0.1, 0.15) is 22.8 Å². The summed E-state index contributed by atoms with van der Waals surface area (Å²) in [5.41, 5.74) is 3.99. The maximum Gasteiger partial charge on any atom is 0.256 e. The van der Waals surface area contributed by atoms with E-state index < -0.39 is 17.8 Å². The number of nitriles is 1. The van der Waals surface area contributed by atoms with Crippen LogP contribution >= 0.6 is 0 Å². The van der Waals surface area contributed by atoms with Gasteiger partial charge in [0.25, 0.3) is 5.91 Å². The van der Waals surface area contributed by atoms with Gasteiger partial charge in [0.15, 0.2) is 6.10 Å². The maximum atomic E-state index is 14.0. The minimum Gasteiger partial charge on any atom is -0.393 e. The van der Waals surface area contributed by atoms with E-state index in [4.69, 9.17) is 5.41 Å². The van der Waals surface area contributed by atoms with Gasteiger partial charge in [-0.3, -0.25) is 4.79 Å². The first-order valence-electron chi connectivity index (χ1n) is 12.7. The quantitative estimate of drug-likeness (QED) is 0.308. The lowest BCUT2D eigenvalue weighted by atomic mass is 10.0. The molecule has 0 spiro atoms. The Bertz CT molecular complexity index is 1630. The number of hydrogen-bond acceptors (Lipinski definition) is 8. The number of fused-ring (bicyclic) bond motifs is 1. The van der Waals surface area contributed by atoms with Crippen LogP contribution in [0.2, 0.25) is 0 Å². The van der Waals surface area contributed by atoms with Crippen LogP contribution in [-0.2, 0) is 4.79 Å². The minimum absolute atomic E-state index is 0.0303. The van der Waals surface area contributed by atoms with Crippen LogP contribution < -0.4 is 10.2 Å². The molecule has 0 bridgehead atoms. The van der Waals surface area contributed by atoms with Crippen molar-refractivity contribution in [3.8, 4) is 17.2 Å². The number of amides is 1. The second kappa shape index (κ2) is 11.3.